The molecule has 0 spiro atoms. The second-order valence-electron chi connectivity index (χ2n) is 2.46. The van der Waals surface area contributed by atoms with Crippen molar-refractivity contribution in [2.45, 2.75) is 0 Å². The van der Waals surface area contributed by atoms with Crippen LogP contribution in [-0.4, -0.2) is 12.6 Å². The highest BCUT2D eigenvalue weighted by atomic mass is 16.1. The molecule has 3 heteroatoms. The van der Waals surface area contributed by atoms with Gasteiger partial charge in [0.15, 0.2) is 0 Å². The van der Waals surface area contributed by atoms with Crippen molar-refractivity contribution < 1.29 is 6.22 Å². The molecule has 0 aliphatic carbocycles. The molecule has 0 heterocycles. The minimum atomic E-state index is -0.486. The largest absolute Gasteiger partial charge is 0.366 e. The summed E-state index contributed by atoms with van der Waals surface area (Å²) in [5, 5.41) is 0. The summed E-state index contributed by atoms with van der Waals surface area (Å²) in [4.78, 5) is 14.7. The lowest BCUT2D eigenvalue weighted by atomic mass is 10.1. The first kappa shape index (κ1) is 9.19. The summed E-state index contributed by atoms with van der Waals surface area (Å²) in [5.41, 5.74) is 6.83. The molecule has 0 bridgehead atoms. The van der Waals surface area contributed by atoms with Gasteiger partial charge in [-0.1, -0.05) is 18.7 Å². The van der Waals surface area contributed by atoms with E-state index in [1.54, 1.807) is 24.3 Å². The summed E-state index contributed by atoms with van der Waals surface area (Å²) in [6, 6.07) is 5.08. The van der Waals surface area contributed by atoms with Crippen molar-refractivity contribution in [1.82, 2.24) is 0 Å². The molecule has 0 aromatic heterocycles. The average molecular weight is 176 g/mol. The first-order chi connectivity index (χ1) is 6.20. The molecule has 0 aliphatic rings. The molecule has 0 radical (unpaired) electrons. The van der Waals surface area contributed by atoms with Crippen LogP contribution in [0.5, 0.6) is 0 Å². The number of carbonyl (C=O) groups is 1. The molecular weight excluding hydrogens is 164 g/mol. The molecule has 0 saturated carbocycles. The number of rotatable bonds is 3. The van der Waals surface area contributed by atoms with Crippen LogP contribution < -0.4 is 5.73 Å². The maximum Gasteiger partial charge on any atom is 0.249 e. The highest BCUT2D eigenvalue weighted by Gasteiger charge is 2.07. The summed E-state index contributed by atoms with van der Waals surface area (Å²) in [7, 11) is 0. The van der Waals surface area contributed by atoms with Crippen molar-refractivity contribution in [3.8, 4) is 0 Å². The Kier molecular flexibility index (Phi) is 2.59. The smallest absolute Gasteiger partial charge is 0.249 e. The fraction of sp³-hybridized carbons (Fsp3) is 0. The topological polar surface area (TPSA) is 55.4 Å². The van der Waals surface area contributed by atoms with Crippen LogP contribution in [0.2, 0.25) is 0 Å². The quantitative estimate of drug-likeness (QED) is 0.703. The number of nitrogens with zero attached hydrogens (tertiary/aromatic N) is 1. The Bertz CT molecular complexity index is 374. The number of aliphatic imine (C=N–C) groups is 1. The van der Waals surface area contributed by atoms with Gasteiger partial charge in [0.2, 0.25) is 5.91 Å². The van der Waals surface area contributed by atoms with Gasteiger partial charge in [0, 0.05) is 12.6 Å². The summed E-state index contributed by atoms with van der Waals surface area (Å²) >= 11 is 0. The monoisotopic (exact) mass is 176 g/mol. The van der Waals surface area contributed by atoms with E-state index >= 15 is 0 Å². The van der Waals surface area contributed by atoms with Gasteiger partial charge in [0.05, 0.1) is 5.69 Å². The van der Waals surface area contributed by atoms with Crippen molar-refractivity contribution in [1.29, 1.82) is 0 Å². The molecule has 0 fully saturated rings. The number of amides is 1. The fourth-order valence-electron chi connectivity index (χ4n) is 1.12. The van der Waals surface area contributed by atoms with Crippen molar-refractivity contribution >= 4 is 24.4 Å². The first-order valence-corrected chi connectivity index (χ1v) is 3.72. The second-order valence-corrected chi connectivity index (χ2v) is 2.46. The van der Waals surface area contributed by atoms with Crippen LogP contribution in [0.3, 0.4) is 0 Å². The third-order valence-electron chi connectivity index (χ3n) is 1.72. The number of nitrogens with two attached hydrogens (primary N) is 1. The number of primary amides is 1. The average Bonchev–Trinajstić information content (AvgIpc) is 2.16. The van der Waals surface area contributed by atoms with E-state index in [-0.39, 0.29) is 1.43 Å². The minimum Gasteiger partial charge on any atom is -0.366 e. The van der Waals surface area contributed by atoms with E-state index in [0.29, 0.717) is 16.8 Å². The predicted octanol–water partition coefficient (Wildman–Crippen LogP) is 2.01. The molecule has 1 aromatic carbocycles. The van der Waals surface area contributed by atoms with Crippen molar-refractivity contribution in [3.63, 3.8) is 0 Å². The summed E-state index contributed by atoms with van der Waals surface area (Å²) < 4.78 is 0. The van der Waals surface area contributed by atoms with E-state index in [0.717, 1.165) is 0 Å². The second kappa shape index (κ2) is 3.67. The fourth-order valence-corrected chi connectivity index (χ4v) is 1.12. The molecule has 3 nitrogen and oxygen atoms in total. The third kappa shape index (κ3) is 1.64. The van der Waals surface area contributed by atoms with Gasteiger partial charge in [0.1, 0.15) is 0 Å². The molecule has 0 saturated heterocycles. The molecule has 1 amide bonds. The maximum atomic E-state index is 11.0. The zero-order valence-electron chi connectivity index (χ0n) is 7.16. The number of hydrogen-bond donors (Lipinski definition) is 1. The van der Waals surface area contributed by atoms with E-state index < -0.39 is 5.91 Å². The van der Waals surface area contributed by atoms with Gasteiger partial charge >= 0.3 is 0 Å². The third-order valence-corrected chi connectivity index (χ3v) is 1.72. The predicted molar refractivity (Wildman–Crippen MR) is 56.4 cm³/mol. The van der Waals surface area contributed by atoms with Crippen LogP contribution in [0.1, 0.15) is 17.3 Å². The molecular formula is C10H12N2O. The molecule has 2 N–H and O–H groups in total. The highest BCUT2D eigenvalue weighted by molar-refractivity contribution is 5.98. The van der Waals surface area contributed by atoms with E-state index in [1.807, 2.05) is 0 Å². The summed E-state index contributed by atoms with van der Waals surface area (Å²) in [5.74, 6) is -0.486. The molecule has 0 aliphatic heterocycles. The lowest BCUT2D eigenvalue weighted by molar-refractivity contribution is 0.1000. The molecule has 1 aromatic rings. The SMILES string of the molecule is C=Cc1c(N=C)cccc1C(N)=O.[HH]. The van der Waals surface area contributed by atoms with Crippen LogP contribution >= 0.6 is 0 Å². The van der Waals surface area contributed by atoms with Gasteiger partial charge in [-0.15, -0.1) is 0 Å². The normalized spacial score (nSPS) is 9.23. The Morgan fingerprint density at radius 2 is 2.31 bits per heavy atom. The van der Waals surface area contributed by atoms with Gasteiger partial charge in [0.25, 0.3) is 0 Å². The van der Waals surface area contributed by atoms with E-state index in [2.05, 4.69) is 18.3 Å². The lowest BCUT2D eigenvalue weighted by Crippen LogP contribution is -2.12. The van der Waals surface area contributed by atoms with Crippen molar-refractivity contribution in [2.24, 2.45) is 10.7 Å². The lowest BCUT2D eigenvalue weighted by Gasteiger charge is -2.04. The first-order valence-electron chi connectivity index (χ1n) is 3.72. The van der Waals surface area contributed by atoms with E-state index in [9.17, 15) is 4.79 Å². The van der Waals surface area contributed by atoms with Crippen LogP contribution in [0.25, 0.3) is 6.08 Å². The van der Waals surface area contributed by atoms with Crippen LogP contribution in [0.4, 0.5) is 5.69 Å². The number of benzene rings is 1. The summed E-state index contributed by atoms with van der Waals surface area (Å²) in [6.45, 7) is 6.98. The van der Waals surface area contributed by atoms with Gasteiger partial charge in [-0.2, -0.15) is 0 Å². The molecule has 13 heavy (non-hydrogen) atoms. The van der Waals surface area contributed by atoms with Crippen molar-refractivity contribution in [3.05, 3.63) is 35.9 Å². The van der Waals surface area contributed by atoms with Gasteiger partial charge < -0.3 is 5.73 Å². The van der Waals surface area contributed by atoms with Crippen LogP contribution in [-0.2, 0) is 0 Å². The Hall–Kier alpha value is -1.90. The van der Waals surface area contributed by atoms with E-state index in [4.69, 9.17) is 5.73 Å². The maximum absolute atomic E-state index is 11.0. The van der Waals surface area contributed by atoms with Gasteiger partial charge in [-0.3, -0.25) is 9.79 Å². The Morgan fingerprint density at radius 3 is 2.77 bits per heavy atom. The Morgan fingerprint density at radius 1 is 1.62 bits per heavy atom. The van der Waals surface area contributed by atoms with E-state index in [1.165, 1.54) is 0 Å². The minimum absolute atomic E-state index is 0. The number of carbonyl (C=O) groups excluding carboxylic acids is 1. The zero-order valence-corrected chi connectivity index (χ0v) is 7.16. The number of hydrogen-bond acceptors (Lipinski definition) is 2. The van der Waals surface area contributed by atoms with Crippen LogP contribution in [0.15, 0.2) is 29.8 Å². The zero-order chi connectivity index (χ0) is 9.84. The van der Waals surface area contributed by atoms with Gasteiger partial charge in [-0.05, 0) is 18.9 Å². The Balaban J connectivity index is 0.00000169. The summed E-state index contributed by atoms with van der Waals surface area (Å²) in [6.07, 6.45) is 1.55. The van der Waals surface area contributed by atoms with Gasteiger partial charge in [-0.25, -0.2) is 0 Å². The highest BCUT2D eigenvalue weighted by Crippen LogP contribution is 2.23. The van der Waals surface area contributed by atoms with Crippen molar-refractivity contribution in [2.75, 3.05) is 0 Å². The molecule has 0 atom stereocenters. The molecule has 0 unspecified atom stereocenters. The standard InChI is InChI=1S/C10H10N2O.H2/c1-3-7-8(10(11)13)5-4-6-9(7)12-2;/h3-6H,1-2H2,(H2,11,13);1H. The molecule has 1 rings (SSSR count). The molecule has 68 valence electrons. The van der Waals surface area contributed by atoms with Crippen LogP contribution in [0, 0.1) is 0 Å². The Labute approximate surface area is 78.1 Å².